The lowest BCUT2D eigenvalue weighted by molar-refractivity contribution is -0.128. The minimum Gasteiger partial charge on any atom is -0.374 e. The van der Waals surface area contributed by atoms with Crippen LogP contribution < -0.4 is 0 Å². The predicted molar refractivity (Wildman–Crippen MR) is 185 cm³/mol. The Morgan fingerprint density at radius 3 is 1.07 bits per heavy atom. The molecule has 0 spiro atoms. The SMILES string of the molecule is CCCCC/C=C\C/C=C\CCCCCCCCOCC(=O)COCCCCCCCC/C=C\C/C=C\CCCCC. The number of carbonyl (C=O) groups is 1. The van der Waals surface area contributed by atoms with Gasteiger partial charge in [0, 0.05) is 13.2 Å². The zero-order chi connectivity index (χ0) is 30.4. The molecule has 0 N–H and O–H groups in total. The highest BCUT2D eigenvalue weighted by molar-refractivity contribution is 5.80. The van der Waals surface area contributed by atoms with E-state index in [4.69, 9.17) is 9.47 Å². The van der Waals surface area contributed by atoms with Crippen molar-refractivity contribution in [1.82, 2.24) is 0 Å². The van der Waals surface area contributed by atoms with E-state index in [-0.39, 0.29) is 19.0 Å². The van der Waals surface area contributed by atoms with Gasteiger partial charge in [-0.15, -0.1) is 0 Å². The van der Waals surface area contributed by atoms with E-state index in [9.17, 15) is 4.79 Å². The van der Waals surface area contributed by atoms with Gasteiger partial charge in [-0.1, -0.05) is 140 Å². The second-order valence-corrected chi connectivity index (χ2v) is 11.8. The topological polar surface area (TPSA) is 35.5 Å². The molecule has 0 radical (unpaired) electrons. The van der Waals surface area contributed by atoms with Gasteiger partial charge in [-0.3, -0.25) is 4.79 Å². The van der Waals surface area contributed by atoms with Gasteiger partial charge in [-0.25, -0.2) is 0 Å². The number of Topliss-reactive ketones (excluding diaryl/α,β-unsaturated/α-hetero) is 1. The van der Waals surface area contributed by atoms with Crippen LogP contribution >= 0.6 is 0 Å². The number of carbonyl (C=O) groups excluding carboxylic acids is 1. The van der Waals surface area contributed by atoms with Crippen LogP contribution in [0.25, 0.3) is 0 Å². The van der Waals surface area contributed by atoms with Crippen LogP contribution in [0.1, 0.15) is 168 Å². The summed E-state index contributed by atoms with van der Waals surface area (Å²) in [5.41, 5.74) is 0. The van der Waals surface area contributed by atoms with Crippen molar-refractivity contribution in [2.24, 2.45) is 0 Å². The van der Waals surface area contributed by atoms with Gasteiger partial charge < -0.3 is 9.47 Å². The molecule has 3 nitrogen and oxygen atoms in total. The normalized spacial score (nSPS) is 12.2. The number of hydrogen-bond donors (Lipinski definition) is 0. The Kier molecular flexibility index (Phi) is 36.3. The first-order chi connectivity index (χ1) is 20.8. The van der Waals surface area contributed by atoms with Gasteiger partial charge in [0.05, 0.1) is 0 Å². The highest BCUT2D eigenvalue weighted by Gasteiger charge is 2.02. The zero-order valence-electron chi connectivity index (χ0n) is 28.1. The maximum absolute atomic E-state index is 11.9. The molecule has 3 heteroatoms. The maximum atomic E-state index is 11.9. The Morgan fingerprint density at radius 2 is 0.714 bits per heavy atom. The molecule has 0 saturated carbocycles. The zero-order valence-corrected chi connectivity index (χ0v) is 28.1. The standard InChI is InChI=1S/C39H70O3/c1-3-5-7-9-11-13-15-17-19-21-23-25-27-29-31-33-35-41-37-39(40)38-42-36-34-32-30-28-26-24-22-20-18-16-14-12-10-8-6-4-2/h11-14,17-20H,3-10,15-16,21-38H2,1-2H3/b13-11-,14-12-,19-17-,20-18-. The smallest absolute Gasteiger partial charge is 0.183 e. The van der Waals surface area contributed by atoms with Gasteiger partial charge in [-0.2, -0.15) is 0 Å². The third kappa shape index (κ3) is 36.6. The van der Waals surface area contributed by atoms with Gasteiger partial charge in [-0.05, 0) is 77.0 Å². The van der Waals surface area contributed by atoms with Gasteiger partial charge in [0.2, 0.25) is 0 Å². The monoisotopic (exact) mass is 587 g/mol. The number of unbranched alkanes of at least 4 members (excludes halogenated alkanes) is 18. The molecule has 0 heterocycles. The van der Waals surface area contributed by atoms with E-state index in [1.165, 1.54) is 128 Å². The molecule has 0 aromatic carbocycles. The van der Waals surface area contributed by atoms with E-state index in [1.54, 1.807) is 0 Å². The quantitative estimate of drug-likeness (QED) is 0.0555. The summed E-state index contributed by atoms with van der Waals surface area (Å²) in [5.74, 6) is 0.0649. The molecule has 0 bridgehead atoms. The Labute approximate surface area is 262 Å². The Balaban J connectivity index is 3.27. The lowest BCUT2D eigenvalue weighted by Gasteiger charge is -2.06. The van der Waals surface area contributed by atoms with Crippen molar-refractivity contribution in [3.8, 4) is 0 Å². The number of rotatable bonds is 34. The molecule has 0 rings (SSSR count). The summed E-state index contributed by atoms with van der Waals surface area (Å²) in [5, 5.41) is 0. The van der Waals surface area contributed by atoms with Gasteiger partial charge >= 0.3 is 0 Å². The molecule has 0 aromatic rings. The van der Waals surface area contributed by atoms with Crippen LogP contribution in [0.3, 0.4) is 0 Å². The maximum Gasteiger partial charge on any atom is 0.183 e. The summed E-state index contributed by atoms with van der Waals surface area (Å²) in [6.07, 6.45) is 48.3. The van der Waals surface area contributed by atoms with E-state index >= 15 is 0 Å². The van der Waals surface area contributed by atoms with Crippen LogP contribution in [0.2, 0.25) is 0 Å². The largest absolute Gasteiger partial charge is 0.374 e. The number of ketones is 1. The van der Waals surface area contributed by atoms with Crippen molar-refractivity contribution in [2.45, 2.75) is 168 Å². The summed E-state index contributed by atoms with van der Waals surface area (Å²) in [7, 11) is 0. The van der Waals surface area contributed by atoms with Crippen molar-refractivity contribution >= 4 is 5.78 Å². The van der Waals surface area contributed by atoms with Crippen molar-refractivity contribution < 1.29 is 14.3 Å². The van der Waals surface area contributed by atoms with Crippen LogP contribution in [0.4, 0.5) is 0 Å². The van der Waals surface area contributed by atoms with E-state index in [0.717, 1.165) is 25.7 Å². The number of hydrogen-bond acceptors (Lipinski definition) is 3. The third-order valence-corrected chi connectivity index (χ3v) is 7.50. The molecule has 0 amide bonds. The average Bonchev–Trinajstić information content (AvgIpc) is 3.00. The Morgan fingerprint density at radius 1 is 0.405 bits per heavy atom. The first kappa shape index (κ1) is 40.5. The minimum atomic E-state index is 0.0649. The first-order valence-electron chi connectivity index (χ1n) is 18.1. The second-order valence-electron chi connectivity index (χ2n) is 11.8. The Bertz CT molecular complexity index is 592. The van der Waals surface area contributed by atoms with Crippen LogP contribution in [0.5, 0.6) is 0 Å². The number of allylic oxidation sites excluding steroid dienone is 8. The van der Waals surface area contributed by atoms with Gasteiger partial charge in [0.15, 0.2) is 5.78 Å². The molecule has 0 aromatic heterocycles. The highest BCUT2D eigenvalue weighted by atomic mass is 16.5. The molecule has 0 atom stereocenters. The van der Waals surface area contributed by atoms with E-state index in [2.05, 4.69) is 62.5 Å². The van der Waals surface area contributed by atoms with Crippen LogP contribution in [0, 0.1) is 0 Å². The van der Waals surface area contributed by atoms with Crippen molar-refractivity contribution in [3.05, 3.63) is 48.6 Å². The summed E-state index contributed by atoms with van der Waals surface area (Å²) in [6.45, 7) is 6.28. The van der Waals surface area contributed by atoms with Crippen LogP contribution in [-0.2, 0) is 14.3 Å². The summed E-state index contributed by atoms with van der Waals surface area (Å²) in [6, 6.07) is 0. The fourth-order valence-corrected chi connectivity index (χ4v) is 4.80. The second kappa shape index (κ2) is 37.6. The van der Waals surface area contributed by atoms with Crippen molar-refractivity contribution in [1.29, 1.82) is 0 Å². The predicted octanol–water partition coefficient (Wildman–Crippen LogP) is 12.2. The molecule has 0 aliphatic heterocycles. The summed E-state index contributed by atoms with van der Waals surface area (Å²) in [4.78, 5) is 11.9. The van der Waals surface area contributed by atoms with E-state index in [0.29, 0.717) is 13.2 Å². The highest BCUT2D eigenvalue weighted by Crippen LogP contribution is 2.10. The third-order valence-electron chi connectivity index (χ3n) is 7.50. The molecular formula is C39H70O3. The molecule has 42 heavy (non-hydrogen) atoms. The van der Waals surface area contributed by atoms with Crippen molar-refractivity contribution in [2.75, 3.05) is 26.4 Å². The molecule has 244 valence electrons. The fourth-order valence-electron chi connectivity index (χ4n) is 4.80. The fraction of sp³-hybridized carbons (Fsp3) is 0.769. The van der Waals surface area contributed by atoms with Gasteiger partial charge in [0.1, 0.15) is 13.2 Å². The summed E-state index contributed by atoms with van der Waals surface area (Å²) < 4.78 is 11.1. The Hall–Kier alpha value is -1.45. The molecule has 0 fully saturated rings. The van der Waals surface area contributed by atoms with Crippen molar-refractivity contribution in [3.63, 3.8) is 0 Å². The van der Waals surface area contributed by atoms with E-state index < -0.39 is 0 Å². The van der Waals surface area contributed by atoms with Gasteiger partial charge in [0.25, 0.3) is 0 Å². The molecular weight excluding hydrogens is 516 g/mol. The molecule has 0 aliphatic rings. The minimum absolute atomic E-state index is 0.0649. The lowest BCUT2D eigenvalue weighted by Crippen LogP contribution is -2.16. The number of ether oxygens (including phenoxy) is 2. The van der Waals surface area contributed by atoms with E-state index in [1.807, 2.05) is 0 Å². The average molecular weight is 587 g/mol. The van der Waals surface area contributed by atoms with Crippen LogP contribution in [-0.4, -0.2) is 32.2 Å². The lowest BCUT2D eigenvalue weighted by atomic mass is 10.1. The molecule has 0 aliphatic carbocycles. The molecule has 0 saturated heterocycles. The molecule has 0 unspecified atom stereocenters. The first-order valence-corrected chi connectivity index (χ1v) is 18.1. The van der Waals surface area contributed by atoms with Crippen LogP contribution in [0.15, 0.2) is 48.6 Å². The summed E-state index contributed by atoms with van der Waals surface area (Å²) >= 11 is 0.